The van der Waals surface area contributed by atoms with Crippen molar-refractivity contribution in [1.82, 2.24) is 10.1 Å². The summed E-state index contributed by atoms with van der Waals surface area (Å²) in [5.74, 6) is -11.9. The Balaban J connectivity index is 0.00000289. The Kier molecular flexibility index (Phi) is 7.24. The predicted molar refractivity (Wildman–Crippen MR) is 106 cm³/mol. The van der Waals surface area contributed by atoms with Crippen molar-refractivity contribution >= 4 is 23.4 Å². The molecule has 4 nitrogen and oxygen atoms in total. The third kappa shape index (κ3) is 4.25. The number of hydrogen-bond donors (Lipinski definition) is 0. The number of nitrogens with zero attached hydrogens (tertiary/aromatic N) is 2. The fourth-order valence-corrected chi connectivity index (χ4v) is 3.96. The molecule has 0 aliphatic carbocycles. The Labute approximate surface area is 185 Å². The lowest BCUT2D eigenvalue weighted by molar-refractivity contribution is 0.0655. The number of rotatable bonds is 5. The van der Waals surface area contributed by atoms with Gasteiger partial charge in [0.2, 0.25) is 29.1 Å². The lowest BCUT2D eigenvalue weighted by Gasteiger charge is -2.36. The van der Waals surface area contributed by atoms with E-state index in [1.165, 1.54) is 12.1 Å². The van der Waals surface area contributed by atoms with Gasteiger partial charge >= 0.3 is 0 Å². The Morgan fingerprint density at radius 1 is 1.00 bits per heavy atom. The molecule has 1 aliphatic heterocycles. The molecule has 3 aromatic rings. The van der Waals surface area contributed by atoms with Gasteiger partial charge in [-0.1, -0.05) is 12.1 Å². The first-order chi connectivity index (χ1) is 14.8. The van der Waals surface area contributed by atoms with Crippen molar-refractivity contribution in [1.29, 1.82) is 0 Å². The molecule has 4 rings (SSSR count). The molecule has 1 unspecified atom stereocenters. The van der Waals surface area contributed by atoms with Crippen LogP contribution in [0, 0.1) is 34.9 Å². The lowest BCUT2D eigenvalue weighted by Crippen LogP contribution is -2.40. The van der Waals surface area contributed by atoms with Gasteiger partial charge in [0.1, 0.15) is 17.6 Å². The van der Waals surface area contributed by atoms with Crippen LogP contribution in [0.2, 0.25) is 0 Å². The molecule has 174 valence electrons. The minimum atomic E-state index is -2.22. The fraction of sp³-hybridized carbons (Fsp3) is 0.381. The molecule has 32 heavy (non-hydrogen) atoms. The van der Waals surface area contributed by atoms with Crippen LogP contribution in [-0.4, -0.2) is 29.3 Å². The van der Waals surface area contributed by atoms with Gasteiger partial charge in [-0.25, -0.2) is 17.6 Å². The summed E-state index contributed by atoms with van der Waals surface area (Å²) < 4.78 is 91.5. The van der Waals surface area contributed by atoms with Gasteiger partial charge in [-0.15, -0.1) is 12.4 Å². The van der Waals surface area contributed by atoms with Gasteiger partial charge in [0.15, 0.2) is 11.3 Å². The zero-order valence-corrected chi connectivity index (χ0v) is 17.6. The largest absolute Gasteiger partial charge is 0.484 e. The lowest BCUT2D eigenvalue weighted by atomic mass is 10.0. The van der Waals surface area contributed by atoms with E-state index in [0.29, 0.717) is 49.0 Å². The molecule has 0 radical (unpaired) electrons. The second-order valence-corrected chi connectivity index (χ2v) is 7.38. The summed E-state index contributed by atoms with van der Waals surface area (Å²) in [5.41, 5.74) is 0.981. The van der Waals surface area contributed by atoms with Crippen molar-refractivity contribution in [2.45, 2.75) is 38.3 Å². The second-order valence-electron chi connectivity index (χ2n) is 7.38. The first-order valence-electron chi connectivity index (χ1n) is 9.78. The summed E-state index contributed by atoms with van der Waals surface area (Å²) in [5, 5.41) is 4.78. The van der Waals surface area contributed by atoms with Crippen LogP contribution >= 0.6 is 12.4 Å². The summed E-state index contributed by atoms with van der Waals surface area (Å²) in [6, 6.07) is 4.02. The quantitative estimate of drug-likeness (QED) is 0.252. The summed E-state index contributed by atoms with van der Waals surface area (Å²) in [6.45, 7) is 2.83. The molecule has 1 fully saturated rings. The van der Waals surface area contributed by atoms with Crippen molar-refractivity contribution in [3.8, 4) is 5.75 Å². The van der Waals surface area contributed by atoms with Crippen molar-refractivity contribution in [3.05, 3.63) is 58.8 Å². The monoisotopic (exact) mass is 480 g/mol. The van der Waals surface area contributed by atoms with Crippen LogP contribution in [0.25, 0.3) is 11.0 Å². The molecule has 1 aliphatic rings. The highest BCUT2D eigenvalue weighted by atomic mass is 35.5. The summed E-state index contributed by atoms with van der Waals surface area (Å²) in [7, 11) is 0. The van der Waals surface area contributed by atoms with E-state index in [2.05, 4.69) is 10.1 Å². The van der Waals surface area contributed by atoms with Crippen LogP contribution in [0.1, 0.15) is 37.9 Å². The van der Waals surface area contributed by atoms with Crippen molar-refractivity contribution in [3.63, 3.8) is 0 Å². The van der Waals surface area contributed by atoms with Crippen LogP contribution in [0.3, 0.4) is 0 Å². The summed E-state index contributed by atoms with van der Waals surface area (Å²) in [6.07, 6.45) is 0.563. The van der Waals surface area contributed by atoms with E-state index in [9.17, 15) is 26.3 Å². The normalized spacial score (nSPS) is 16.2. The maximum absolute atomic E-state index is 13.9. The molecule has 1 aromatic heterocycles. The van der Waals surface area contributed by atoms with Gasteiger partial charge in [-0.05, 0) is 31.4 Å². The molecular formula is C21H19ClF6N2O2. The molecule has 0 saturated carbocycles. The molecule has 2 aromatic carbocycles. The molecular weight excluding hydrogens is 462 g/mol. The van der Waals surface area contributed by atoms with Crippen molar-refractivity contribution in [2.75, 3.05) is 13.1 Å². The third-order valence-electron chi connectivity index (χ3n) is 5.54. The molecule has 0 bridgehead atoms. The van der Waals surface area contributed by atoms with Crippen LogP contribution in [0.4, 0.5) is 26.3 Å². The van der Waals surface area contributed by atoms with Crippen molar-refractivity contribution < 1.29 is 35.6 Å². The Morgan fingerprint density at radius 2 is 1.59 bits per heavy atom. The van der Waals surface area contributed by atoms with Crippen molar-refractivity contribution in [2.24, 2.45) is 0 Å². The highest BCUT2D eigenvalue weighted by Crippen LogP contribution is 2.34. The smallest absolute Gasteiger partial charge is 0.207 e. The maximum atomic E-state index is 13.9. The number of aromatic nitrogens is 1. The van der Waals surface area contributed by atoms with Gasteiger partial charge in [-0.2, -0.15) is 8.78 Å². The third-order valence-corrected chi connectivity index (χ3v) is 5.54. The number of piperidine rings is 1. The predicted octanol–water partition coefficient (Wildman–Crippen LogP) is 6.08. The Hall–Kier alpha value is -2.46. The number of hydrogen-bond acceptors (Lipinski definition) is 4. The first kappa shape index (κ1) is 24.2. The molecule has 11 heteroatoms. The molecule has 0 spiro atoms. The van der Waals surface area contributed by atoms with E-state index in [1.807, 2.05) is 6.92 Å². The molecule has 1 atom stereocenters. The Bertz CT molecular complexity index is 1090. The van der Waals surface area contributed by atoms with E-state index < -0.39 is 46.8 Å². The van der Waals surface area contributed by atoms with E-state index in [1.54, 1.807) is 6.07 Å². The minimum absolute atomic E-state index is 0. The fourth-order valence-electron chi connectivity index (χ4n) is 3.96. The average Bonchev–Trinajstić information content (AvgIpc) is 3.18. The first-order valence-corrected chi connectivity index (χ1v) is 9.78. The maximum Gasteiger partial charge on any atom is 0.207 e. The molecule has 0 amide bonds. The average molecular weight is 481 g/mol. The molecule has 0 N–H and O–H groups in total. The van der Waals surface area contributed by atoms with E-state index in [-0.39, 0.29) is 18.4 Å². The number of ether oxygens (including phenoxy) is 1. The number of fused-ring (bicyclic) bond motifs is 1. The standard InChI is InChI=1S/C21H18F6N2O2.ClH/c1-2-13(20-12-4-3-10(22)9-14(12)31-28-20)29-7-5-11(6-8-29)30-21-18(26)16(24)15(23)17(25)19(21)27;/h3-4,9,11,13H,2,5-8H2,1H3;1H. The van der Waals surface area contributed by atoms with Gasteiger partial charge in [0.25, 0.3) is 0 Å². The highest BCUT2D eigenvalue weighted by Gasteiger charge is 2.32. The number of likely N-dealkylation sites (tertiary alicyclic amines) is 1. The minimum Gasteiger partial charge on any atom is -0.484 e. The zero-order valence-electron chi connectivity index (χ0n) is 16.8. The van der Waals surface area contributed by atoms with Crippen LogP contribution < -0.4 is 4.74 Å². The molecule has 2 heterocycles. The summed E-state index contributed by atoms with van der Waals surface area (Å²) in [4.78, 5) is 2.07. The van der Waals surface area contributed by atoms with Gasteiger partial charge in [-0.3, -0.25) is 4.90 Å². The van der Waals surface area contributed by atoms with E-state index in [0.717, 1.165) is 0 Å². The molecule has 1 saturated heterocycles. The summed E-state index contributed by atoms with van der Waals surface area (Å²) >= 11 is 0. The Morgan fingerprint density at radius 3 is 2.19 bits per heavy atom. The topological polar surface area (TPSA) is 38.5 Å². The highest BCUT2D eigenvalue weighted by molar-refractivity contribution is 5.85. The van der Waals surface area contributed by atoms with Gasteiger partial charge in [0.05, 0.1) is 6.04 Å². The van der Waals surface area contributed by atoms with E-state index in [4.69, 9.17) is 9.26 Å². The van der Waals surface area contributed by atoms with Crippen LogP contribution in [0.5, 0.6) is 5.75 Å². The van der Waals surface area contributed by atoms with Gasteiger partial charge < -0.3 is 9.26 Å². The van der Waals surface area contributed by atoms with Crippen LogP contribution in [-0.2, 0) is 0 Å². The number of benzene rings is 2. The van der Waals surface area contributed by atoms with Crippen LogP contribution in [0.15, 0.2) is 22.7 Å². The number of halogens is 7. The zero-order chi connectivity index (χ0) is 22.3. The van der Waals surface area contributed by atoms with E-state index >= 15 is 0 Å². The SMILES string of the molecule is CCC(c1noc2cc(F)ccc12)N1CCC(Oc2c(F)c(F)c(F)c(F)c2F)CC1.Cl. The van der Waals surface area contributed by atoms with Gasteiger partial charge in [0, 0.05) is 24.5 Å². The second kappa shape index (κ2) is 9.58.